The molecule has 1 aliphatic carbocycles. The first-order valence-corrected chi connectivity index (χ1v) is 11.3. The van der Waals surface area contributed by atoms with Gasteiger partial charge in [0.25, 0.3) is 5.91 Å². The summed E-state index contributed by atoms with van der Waals surface area (Å²) in [5.41, 5.74) is 8.00. The number of amides is 1. The number of hydrogen-bond acceptors (Lipinski definition) is 8. The molecule has 2 heterocycles. The molecule has 0 spiro atoms. The Balaban J connectivity index is 1.33. The number of carbonyl (C=O) groups is 1. The summed E-state index contributed by atoms with van der Waals surface area (Å²) in [5.74, 6) is -0.143. The van der Waals surface area contributed by atoms with Crippen molar-refractivity contribution in [2.24, 2.45) is 0 Å². The Morgan fingerprint density at radius 3 is 2.72 bits per heavy atom. The van der Waals surface area contributed by atoms with Crippen molar-refractivity contribution in [1.29, 1.82) is 0 Å². The number of aromatic nitrogens is 1. The summed E-state index contributed by atoms with van der Waals surface area (Å²) in [4.78, 5) is 12.4. The molecule has 4 rings (SSSR count). The molecule has 1 unspecified atom stereocenters. The van der Waals surface area contributed by atoms with Gasteiger partial charge >= 0.3 is 0 Å². The number of nitrogens with one attached hydrogen (secondary N) is 3. The second-order valence-corrected chi connectivity index (χ2v) is 9.77. The third kappa shape index (κ3) is 3.99. The van der Waals surface area contributed by atoms with Crippen LogP contribution in [0.1, 0.15) is 30.3 Å². The molecule has 2 aromatic rings. The van der Waals surface area contributed by atoms with Gasteiger partial charge in [0.2, 0.25) is 5.76 Å². The summed E-state index contributed by atoms with van der Waals surface area (Å²) >= 11 is 0. The molecule has 1 aliphatic heterocycles. The maximum Gasteiger partial charge on any atom is 0.290 e. The van der Waals surface area contributed by atoms with E-state index in [9.17, 15) is 13.2 Å². The van der Waals surface area contributed by atoms with Gasteiger partial charge in [0, 0.05) is 30.1 Å². The normalized spacial score (nSPS) is 22.4. The van der Waals surface area contributed by atoms with E-state index in [4.69, 9.17) is 4.52 Å². The first-order chi connectivity index (χ1) is 13.8. The van der Waals surface area contributed by atoms with Gasteiger partial charge in [-0.25, -0.2) is 8.42 Å². The van der Waals surface area contributed by atoms with Crippen molar-refractivity contribution in [3.8, 4) is 11.3 Å². The standard InChI is InChI=1S/C19H23N5O4S/c1-12(29(2,26)27)17-11-20-23-24(17)15-8-14(9-15)21-19(25)18-10-16(22-28-18)13-6-4-3-5-7-13/h3-7,10-12,14-15,20,23H,8-9H2,1-2H3,(H,21,25). The van der Waals surface area contributed by atoms with Crippen LogP contribution < -0.4 is 16.3 Å². The number of sulfone groups is 1. The van der Waals surface area contributed by atoms with E-state index in [1.54, 1.807) is 19.2 Å². The van der Waals surface area contributed by atoms with Crippen LogP contribution >= 0.6 is 0 Å². The van der Waals surface area contributed by atoms with Crippen molar-refractivity contribution in [2.45, 2.75) is 37.1 Å². The van der Waals surface area contributed by atoms with Crippen molar-refractivity contribution in [3.05, 3.63) is 54.1 Å². The Bertz CT molecular complexity index is 1030. The second-order valence-electron chi connectivity index (χ2n) is 7.41. The number of benzene rings is 1. The summed E-state index contributed by atoms with van der Waals surface area (Å²) < 4.78 is 28.9. The highest BCUT2D eigenvalue weighted by Crippen LogP contribution is 2.30. The van der Waals surface area contributed by atoms with Crippen LogP contribution in [-0.4, -0.2) is 48.1 Å². The maximum absolute atomic E-state index is 12.4. The molecule has 2 aliphatic rings. The molecule has 29 heavy (non-hydrogen) atoms. The molecule has 0 radical (unpaired) electrons. The van der Waals surface area contributed by atoms with Crippen LogP contribution in [-0.2, 0) is 9.84 Å². The zero-order valence-corrected chi connectivity index (χ0v) is 16.9. The molecule has 1 amide bonds. The van der Waals surface area contributed by atoms with Crippen LogP contribution in [0, 0.1) is 0 Å². The Kier molecular flexibility index (Phi) is 5.05. The second kappa shape index (κ2) is 7.53. The van der Waals surface area contributed by atoms with Crippen molar-refractivity contribution in [1.82, 2.24) is 26.4 Å². The topological polar surface area (TPSA) is 117 Å². The minimum atomic E-state index is -3.21. The average Bonchev–Trinajstić information content (AvgIpc) is 3.33. The lowest BCUT2D eigenvalue weighted by Crippen LogP contribution is -2.57. The fourth-order valence-corrected chi connectivity index (χ4v) is 4.06. The van der Waals surface area contributed by atoms with E-state index in [-0.39, 0.29) is 23.8 Å². The zero-order valence-electron chi connectivity index (χ0n) is 16.1. The minimum Gasteiger partial charge on any atom is -0.350 e. The quantitative estimate of drug-likeness (QED) is 0.642. The van der Waals surface area contributed by atoms with E-state index in [0.29, 0.717) is 24.2 Å². The van der Waals surface area contributed by atoms with Gasteiger partial charge in [0.05, 0.1) is 11.7 Å². The Labute approximate surface area is 169 Å². The number of hydrazine groups is 2. The third-order valence-corrected chi connectivity index (χ3v) is 6.88. The van der Waals surface area contributed by atoms with Gasteiger partial charge in [0.15, 0.2) is 9.84 Å². The third-order valence-electron chi connectivity index (χ3n) is 5.36. The molecule has 1 aromatic carbocycles. The lowest BCUT2D eigenvalue weighted by molar-refractivity contribution is 0.0682. The molecule has 1 atom stereocenters. The molecule has 1 aromatic heterocycles. The van der Waals surface area contributed by atoms with Gasteiger partial charge in [0.1, 0.15) is 10.9 Å². The fourth-order valence-electron chi connectivity index (χ4n) is 3.44. The molecule has 1 fully saturated rings. The van der Waals surface area contributed by atoms with E-state index in [0.717, 1.165) is 5.56 Å². The predicted octanol–water partition coefficient (Wildman–Crippen LogP) is 1.20. The predicted molar refractivity (Wildman–Crippen MR) is 107 cm³/mol. The maximum atomic E-state index is 12.4. The highest BCUT2D eigenvalue weighted by molar-refractivity contribution is 7.91. The molecule has 9 nitrogen and oxygen atoms in total. The molecular formula is C19H23N5O4S. The van der Waals surface area contributed by atoms with Crippen LogP contribution in [0.15, 0.2) is 52.8 Å². The van der Waals surface area contributed by atoms with E-state index in [1.165, 1.54) is 6.26 Å². The summed E-state index contributed by atoms with van der Waals surface area (Å²) in [7, 11) is -3.21. The monoisotopic (exact) mass is 417 g/mol. The number of hydrogen-bond donors (Lipinski definition) is 3. The van der Waals surface area contributed by atoms with Crippen LogP contribution in [0.4, 0.5) is 0 Å². The smallest absolute Gasteiger partial charge is 0.290 e. The Hall–Kier alpha value is -2.85. The molecule has 154 valence electrons. The summed E-state index contributed by atoms with van der Waals surface area (Å²) in [6.45, 7) is 1.66. The largest absolute Gasteiger partial charge is 0.350 e. The molecular weight excluding hydrogens is 394 g/mol. The van der Waals surface area contributed by atoms with Crippen LogP contribution in [0.5, 0.6) is 0 Å². The van der Waals surface area contributed by atoms with E-state index < -0.39 is 15.1 Å². The zero-order chi connectivity index (χ0) is 20.6. The number of carbonyl (C=O) groups excluding carboxylic acids is 1. The van der Waals surface area contributed by atoms with Gasteiger partial charge in [-0.1, -0.05) is 35.5 Å². The molecule has 10 heteroatoms. The minimum absolute atomic E-state index is 0.0186. The van der Waals surface area contributed by atoms with Crippen LogP contribution in [0.25, 0.3) is 11.3 Å². The van der Waals surface area contributed by atoms with Gasteiger partial charge in [-0.2, -0.15) is 0 Å². The summed E-state index contributed by atoms with van der Waals surface area (Å²) in [6, 6.07) is 11.2. The fraction of sp³-hybridized carbons (Fsp3) is 0.368. The average molecular weight is 417 g/mol. The molecule has 0 saturated heterocycles. The van der Waals surface area contributed by atoms with Gasteiger partial charge in [-0.05, 0) is 19.8 Å². The molecule has 0 bridgehead atoms. The first kappa shape index (κ1) is 19.5. The lowest BCUT2D eigenvalue weighted by Gasteiger charge is -2.43. The summed E-state index contributed by atoms with van der Waals surface area (Å²) in [5, 5.41) is 8.11. The van der Waals surface area contributed by atoms with Gasteiger partial charge < -0.3 is 15.3 Å². The van der Waals surface area contributed by atoms with Gasteiger partial charge in [-0.3, -0.25) is 9.80 Å². The van der Waals surface area contributed by atoms with E-state index in [1.807, 2.05) is 35.3 Å². The molecule has 1 saturated carbocycles. The van der Waals surface area contributed by atoms with Gasteiger partial charge in [-0.15, -0.1) is 5.53 Å². The van der Waals surface area contributed by atoms with Crippen molar-refractivity contribution in [3.63, 3.8) is 0 Å². The highest BCUT2D eigenvalue weighted by Gasteiger charge is 2.40. The van der Waals surface area contributed by atoms with E-state index in [2.05, 4.69) is 21.4 Å². The van der Waals surface area contributed by atoms with E-state index >= 15 is 0 Å². The number of rotatable bonds is 6. The first-order valence-electron chi connectivity index (χ1n) is 9.35. The number of nitrogens with zero attached hydrogens (tertiary/aromatic N) is 2. The SMILES string of the molecule is CC(C1=CNNN1C1CC(NC(=O)c2cc(-c3ccccc3)no2)C1)S(C)(=O)=O. The Morgan fingerprint density at radius 1 is 1.31 bits per heavy atom. The Morgan fingerprint density at radius 2 is 2.03 bits per heavy atom. The van der Waals surface area contributed by atoms with Crippen molar-refractivity contribution in [2.75, 3.05) is 6.26 Å². The lowest BCUT2D eigenvalue weighted by atomic mass is 9.86. The highest BCUT2D eigenvalue weighted by atomic mass is 32.2. The van der Waals surface area contributed by atoms with Crippen LogP contribution in [0.2, 0.25) is 0 Å². The van der Waals surface area contributed by atoms with Crippen molar-refractivity contribution < 1.29 is 17.7 Å². The summed E-state index contributed by atoms with van der Waals surface area (Å²) in [6.07, 6.45) is 4.26. The van der Waals surface area contributed by atoms with Crippen molar-refractivity contribution >= 4 is 15.7 Å². The van der Waals surface area contributed by atoms with Crippen LogP contribution in [0.3, 0.4) is 0 Å². The molecule has 3 N–H and O–H groups in total.